The van der Waals surface area contributed by atoms with Crippen molar-refractivity contribution in [3.05, 3.63) is 65.3 Å². The normalized spacial score (nSPS) is 10.2. The van der Waals surface area contributed by atoms with Gasteiger partial charge < -0.3 is 10.6 Å². The van der Waals surface area contributed by atoms with Gasteiger partial charge in [0.2, 0.25) is 11.0 Å². The van der Waals surface area contributed by atoms with Gasteiger partial charge in [0.25, 0.3) is 5.91 Å². The van der Waals surface area contributed by atoms with Gasteiger partial charge in [0.1, 0.15) is 11.3 Å². The highest BCUT2D eigenvalue weighted by Gasteiger charge is 2.08. The summed E-state index contributed by atoms with van der Waals surface area (Å²) in [7, 11) is 0. The summed E-state index contributed by atoms with van der Waals surface area (Å²) >= 11 is 1.24. The molecule has 8 nitrogen and oxygen atoms in total. The van der Waals surface area contributed by atoms with Gasteiger partial charge in [-0.1, -0.05) is 41.7 Å². The molecule has 3 aromatic rings. The van der Waals surface area contributed by atoms with Gasteiger partial charge in [0.05, 0.1) is 5.56 Å². The average molecular weight is 382 g/mol. The lowest BCUT2D eigenvalue weighted by Gasteiger charge is -2.08. The number of nitrogens with one attached hydrogen (secondary N) is 3. The minimum absolute atomic E-state index is 0.0422. The highest BCUT2D eigenvalue weighted by molar-refractivity contribution is 7.13. The van der Waals surface area contributed by atoms with E-state index in [1.54, 1.807) is 12.1 Å². The number of nitrogens with zero attached hydrogens (tertiary/aromatic N) is 3. The van der Waals surface area contributed by atoms with Crippen molar-refractivity contribution in [2.75, 3.05) is 17.2 Å². The molecule has 0 saturated heterocycles. The number of rotatable bonds is 8. The predicted octanol–water partition coefficient (Wildman–Crippen LogP) is 2.30. The highest BCUT2D eigenvalue weighted by Crippen LogP contribution is 2.11. The van der Waals surface area contributed by atoms with E-state index in [0.29, 0.717) is 36.0 Å². The number of hydrogen-bond donors (Lipinski definition) is 3. The molecule has 2 aromatic heterocycles. The van der Waals surface area contributed by atoms with Crippen molar-refractivity contribution >= 4 is 34.1 Å². The van der Waals surface area contributed by atoms with Crippen LogP contribution in [0.4, 0.5) is 10.9 Å². The van der Waals surface area contributed by atoms with Crippen molar-refractivity contribution in [3.8, 4) is 0 Å². The molecule has 9 heteroatoms. The molecule has 0 aliphatic rings. The molecular weight excluding hydrogens is 364 g/mol. The van der Waals surface area contributed by atoms with E-state index in [1.807, 2.05) is 30.3 Å². The third-order valence-electron chi connectivity index (χ3n) is 3.60. The van der Waals surface area contributed by atoms with Gasteiger partial charge in [-0.25, -0.2) is 4.98 Å². The molecule has 0 aliphatic heterocycles. The fourth-order valence-corrected chi connectivity index (χ4v) is 2.66. The van der Waals surface area contributed by atoms with Gasteiger partial charge in [-0.3, -0.25) is 14.9 Å². The van der Waals surface area contributed by atoms with Crippen molar-refractivity contribution < 1.29 is 9.59 Å². The number of hydrogen-bond acceptors (Lipinski definition) is 7. The summed E-state index contributed by atoms with van der Waals surface area (Å²) in [5.41, 5.74) is 3.01. The number of anilines is 2. The SMILES string of the molecule is O=C(CCNc1ccc(C(=O)Nc2nncs2)cn1)NCc1ccccc1. The highest BCUT2D eigenvalue weighted by atomic mass is 32.1. The summed E-state index contributed by atoms with van der Waals surface area (Å²) in [5.74, 6) is 0.254. The van der Waals surface area contributed by atoms with Crippen LogP contribution in [0.15, 0.2) is 54.2 Å². The first-order valence-corrected chi connectivity index (χ1v) is 9.17. The van der Waals surface area contributed by atoms with E-state index in [4.69, 9.17) is 0 Å². The molecule has 0 radical (unpaired) electrons. The Morgan fingerprint density at radius 3 is 2.63 bits per heavy atom. The van der Waals surface area contributed by atoms with Gasteiger partial charge in [0, 0.05) is 25.7 Å². The van der Waals surface area contributed by atoms with Crippen molar-refractivity contribution in [2.45, 2.75) is 13.0 Å². The van der Waals surface area contributed by atoms with Crippen LogP contribution in [-0.4, -0.2) is 33.5 Å². The maximum absolute atomic E-state index is 12.0. The van der Waals surface area contributed by atoms with Crippen LogP contribution < -0.4 is 16.0 Å². The quantitative estimate of drug-likeness (QED) is 0.552. The van der Waals surface area contributed by atoms with Crippen LogP contribution in [0.1, 0.15) is 22.3 Å². The van der Waals surface area contributed by atoms with Crippen LogP contribution in [0.3, 0.4) is 0 Å². The summed E-state index contributed by atoms with van der Waals surface area (Å²) in [6.07, 6.45) is 1.79. The van der Waals surface area contributed by atoms with E-state index in [2.05, 4.69) is 31.1 Å². The van der Waals surface area contributed by atoms with Crippen molar-refractivity contribution in [2.24, 2.45) is 0 Å². The maximum atomic E-state index is 12.0. The lowest BCUT2D eigenvalue weighted by atomic mass is 10.2. The summed E-state index contributed by atoms with van der Waals surface area (Å²) in [6, 6.07) is 13.1. The number of carbonyl (C=O) groups is 2. The summed E-state index contributed by atoms with van der Waals surface area (Å²) < 4.78 is 0. The number of amides is 2. The molecule has 1 aromatic carbocycles. The van der Waals surface area contributed by atoms with Crippen LogP contribution in [0.5, 0.6) is 0 Å². The van der Waals surface area contributed by atoms with E-state index >= 15 is 0 Å². The molecule has 27 heavy (non-hydrogen) atoms. The molecule has 3 N–H and O–H groups in total. The molecular formula is C18H18N6O2S. The Hall–Kier alpha value is -3.33. The number of aromatic nitrogens is 3. The summed E-state index contributed by atoms with van der Waals surface area (Å²) in [6.45, 7) is 0.959. The molecule has 0 saturated carbocycles. The van der Waals surface area contributed by atoms with Crippen LogP contribution in [-0.2, 0) is 11.3 Å². The van der Waals surface area contributed by atoms with Gasteiger partial charge >= 0.3 is 0 Å². The largest absolute Gasteiger partial charge is 0.370 e. The van der Waals surface area contributed by atoms with E-state index in [1.165, 1.54) is 23.0 Å². The van der Waals surface area contributed by atoms with E-state index in [9.17, 15) is 9.59 Å². The topological polar surface area (TPSA) is 109 Å². The lowest BCUT2D eigenvalue weighted by molar-refractivity contribution is -0.121. The van der Waals surface area contributed by atoms with Crippen molar-refractivity contribution in [1.29, 1.82) is 0 Å². The lowest BCUT2D eigenvalue weighted by Crippen LogP contribution is -2.25. The second-order valence-corrected chi connectivity index (χ2v) is 6.40. The van der Waals surface area contributed by atoms with Crippen molar-refractivity contribution in [1.82, 2.24) is 20.5 Å². The minimum atomic E-state index is -0.300. The van der Waals surface area contributed by atoms with Gasteiger partial charge in [-0.15, -0.1) is 10.2 Å². The average Bonchev–Trinajstić information content (AvgIpc) is 3.21. The Labute approximate surface area is 160 Å². The Morgan fingerprint density at radius 2 is 1.93 bits per heavy atom. The van der Waals surface area contributed by atoms with Crippen LogP contribution in [0.2, 0.25) is 0 Å². The molecule has 0 atom stereocenters. The fraction of sp³-hybridized carbons (Fsp3) is 0.167. The summed E-state index contributed by atoms with van der Waals surface area (Å²) in [4.78, 5) is 28.1. The maximum Gasteiger partial charge on any atom is 0.259 e. The van der Waals surface area contributed by atoms with Crippen LogP contribution in [0, 0.1) is 0 Å². The van der Waals surface area contributed by atoms with Crippen molar-refractivity contribution in [3.63, 3.8) is 0 Å². The first-order valence-electron chi connectivity index (χ1n) is 8.29. The molecule has 0 aliphatic carbocycles. The molecule has 0 unspecified atom stereocenters. The van der Waals surface area contributed by atoms with E-state index < -0.39 is 0 Å². The monoisotopic (exact) mass is 382 g/mol. The third kappa shape index (κ3) is 5.86. The van der Waals surface area contributed by atoms with Gasteiger partial charge in [-0.2, -0.15) is 0 Å². The number of carbonyl (C=O) groups excluding carboxylic acids is 2. The second kappa shape index (κ2) is 9.39. The first-order chi connectivity index (χ1) is 13.2. The zero-order chi connectivity index (χ0) is 18.9. The molecule has 0 bridgehead atoms. The molecule has 138 valence electrons. The summed E-state index contributed by atoms with van der Waals surface area (Å²) in [5, 5.41) is 16.4. The molecule has 0 spiro atoms. The molecule has 2 amide bonds. The Morgan fingerprint density at radius 1 is 1.07 bits per heavy atom. The Balaban J connectivity index is 1.39. The third-order valence-corrected chi connectivity index (χ3v) is 4.20. The van der Waals surface area contributed by atoms with Gasteiger partial charge in [-0.05, 0) is 17.7 Å². The zero-order valence-corrected chi connectivity index (χ0v) is 15.2. The minimum Gasteiger partial charge on any atom is -0.370 e. The molecule has 0 fully saturated rings. The van der Waals surface area contributed by atoms with Gasteiger partial charge in [0.15, 0.2) is 0 Å². The Bertz CT molecular complexity index is 869. The number of benzene rings is 1. The smallest absolute Gasteiger partial charge is 0.259 e. The fourth-order valence-electron chi connectivity index (χ4n) is 2.22. The predicted molar refractivity (Wildman–Crippen MR) is 103 cm³/mol. The first kappa shape index (κ1) is 18.5. The number of pyridine rings is 1. The van der Waals surface area contributed by atoms with Crippen LogP contribution >= 0.6 is 11.3 Å². The zero-order valence-electron chi connectivity index (χ0n) is 14.4. The van der Waals surface area contributed by atoms with Crippen LogP contribution in [0.25, 0.3) is 0 Å². The second-order valence-electron chi connectivity index (χ2n) is 5.57. The molecule has 3 rings (SSSR count). The van der Waals surface area contributed by atoms with E-state index in [-0.39, 0.29) is 11.8 Å². The molecule has 2 heterocycles. The van der Waals surface area contributed by atoms with E-state index in [0.717, 1.165) is 5.56 Å². The standard InChI is InChI=1S/C18H18N6O2S/c25-16(21-10-13-4-2-1-3-5-13)8-9-19-15-7-6-14(11-20-15)17(26)23-18-24-22-12-27-18/h1-7,11-12H,8-10H2,(H,19,20)(H,21,25)(H,23,24,26). The Kier molecular flexibility index (Phi) is 6.42.